The fourth-order valence-electron chi connectivity index (χ4n) is 3.95. The molecule has 1 heterocycles. The number of nitrogens with one attached hydrogen (secondary N) is 1. The maximum absolute atomic E-state index is 13.4. The molecular weight excluding hydrogens is 561 g/mol. The number of nitrogens with zero attached hydrogens (tertiary/aromatic N) is 2. The van der Waals surface area contributed by atoms with Crippen LogP contribution in [-0.2, 0) is 29.6 Å². The molecular formula is C27H30FN3O7S2. The number of carbonyl (C=O) groups excluding carboxylic acids is 1. The molecule has 0 aliphatic carbocycles. The Labute approximate surface area is 233 Å². The van der Waals surface area contributed by atoms with E-state index in [1.807, 2.05) is 6.92 Å². The highest BCUT2D eigenvalue weighted by Gasteiger charge is 2.28. The van der Waals surface area contributed by atoms with Gasteiger partial charge in [0.2, 0.25) is 15.9 Å². The van der Waals surface area contributed by atoms with Crippen molar-refractivity contribution < 1.29 is 35.5 Å². The number of morpholine rings is 1. The molecule has 0 unspecified atom stereocenters. The third-order valence-electron chi connectivity index (χ3n) is 6.14. The highest BCUT2D eigenvalue weighted by molar-refractivity contribution is 7.92. The topological polar surface area (TPSA) is 122 Å². The molecule has 10 nitrogen and oxygen atoms in total. The molecule has 40 heavy (non-hydrogen) atoms. The molecule has 0 aromatic heterocycles. The zero-order valence-corrected chi connectivity index (χ0v) is 23.5. The van der Waals surface area contributed by atoms with Crippen LogP contribution in [0.1, 0.15) is 5.56 Å². The van der Waals surface area contributed by atoms with Crippen molar-refractivity contribution in [3.63, 3.8) is 0 Å². The molecule has 1 saturated heterocycles. The quantitative estimate of drug-likeness (QED) is 0.340. The van der Waals surface area contributed by atoms with Gasteiger partial charge in [0, 0.05) is 13.1 Å². The third kappa shape index (κ3) is 7.16. The predicted octanol–water partition coefficient (Wildman–Crippen LogP) is 2.55. The van der Waals surface area contributed by atoms with Gasteiger partial charge in [-0.05, 0) is 67.6 Å². The first-order valence-electron chi connectivity index (χ1n) is 12.5. The van der Waals surface area contributed by atoms with Gasteiger partial charge in [0.25, 0.3) is 10.0 Å². The van der Waals surface area contributed by atoms with Gasteiger partial charge in [0.05, 0.1) is 35.2 Å². The zero-order valence-electron chi connectivity index (χ0n) is 21.8. The molecule has 1 N–H and O–H groups in total. The molecule has 1 aliphatic heterocycles. The van der Waals surface area contributed by atoms with E-state index in [9.17, 15) is 26.0 Å². The predicted molar refractivity (Wildman–Crippen MR) is 147 cm³/mol. The minimum Gasteiger partial charge on any atom is -0.492 e. The number of hydrogen-bond acceptors (Lipinski definition) is 7. The van der Waals surface area contributed by atoms with E-state index in [-0.39, 0.29) is 28.6 Å². The van der Waals surface area contributed by atoms with Crippen molar-refractivity contribution in [1.82, 2.24) is 9.62 Å². The summed E-state index contributed by atoms with van der Waals surface area (Å²) in [5.74, 6) is -0.732. The molecule has 4 rings (SSSR count). The number of anilines is 1. The van der Waals surface area contributed by atoms with Gasteiger partial charge in [-0.25, -0.2) is 21.2 Å². The standard InChI is InChI=1S/C27H30FN3O7S2/c1-21-2-6-23(7-3-21)31(40(35,36)26-10-4-22(28)5-11-26)20-27(32)29-14-17-38-24-8-12-25(13-9-24)39(33,34)30-15-18-37-19-16-30/h2-13H,14-20H2,1H3,(H,29,32). The van der Waals surface area contributed by atoms with Crippen molar-refractivity contribution in [3.05, 3.63) is 84.2 Å². The summed E-state index contributed by atoms with van der Waals surface area (Å²) in [4.78, 5) is 12.7. The fourth-order valence-corrected chi connectivity index (χ4v) is 6.78. The highest BCUT2D eigenvalue weighted by Crippen LogP contribution is 2.24. The second kappa shape index (κ2) is 12.8. The number of amides is 1. The van der Waals surface area contributed by atoms with Gasteiger partial charge in [-0.15, -0.1) is 0 Å². The Morgan fingerprint density at radius 2 is 1.52 bits per heavy atom. The van der Waals surface area contributed by atoms with Crippen molar-refractivity contribution in [2.75, 3.05) is 50.3 Å². The lowest BCUT2D eigenvalue weighted by molar-refractivity contribution is -0.119. The number of halogens is 1. The Kier molecular flexibility index (Phi) is 9.40. The lowest BCUT2D eigenvalue weighted by Crippen LogP contribution is -2.42. The molecule has 1 fully saturated rings. The molecule has 0 saturated carbocycles. The average Bonchev–Trinajstić information content (AvgIpc) is 2.95. The summed E-state index contributed by atoms with van der Waals surface area (Å²) in [6.07, 6.45) is 0. The Hall–Kier alpha value is -3.52. The monoisotopic (exact) mass is 591 g/mol. The van der Waals surface area contributed by atoms with Crippen LogP contribution in [0.2, 0.25) is 0 Å². The summed E-state index contributed by atoms with van der Waals surface area (Å²) >= 11 is 0. The van der Waals surface area contributed by atoms with Crippen LogP contribution in [0, 0.1) is 12.7 Å². The average molecular weight is 592 g/mol. The number of sulfonamides is 2. The van der Waals surface area contributed by atoms with Crippen LogP contribution in [0.25, 0.3) is 0 Å². The summed E-state index contributed by atoms with van der Waals surface area (Å²) in [6, 6.07) is 17.0. The van der Waals surface area contributed by atoms with Crippen LogP contribution in [0.15, 0.2) is 82.6 Å². The van der Waals surface area contributed by atoms with Crippen LogP contribution in [0.4, 0.5) is 10.1 Å². The Balaban J connectivity index is 1.35. The maximum Gasteiger partial charge on any atom is 0.264 e. The van der Waals surface area contributed by atoms with Crippen molar-refractivity contribution in [2.24, 2.45) is 0 Å². The molecule has 1 aliphatic rings. The van der Waals surface area contributed by atoms with Crippen LogP contribution < -0.4 is 14.4 Å². The normalized spacial score (nSPS) is 14.4. The van der Waals surface area contributed by atoms with Crippen molar-refractivity contribution >= 4 is 31.6 Å². The van der Waals surface area contributed by atoms with E-state index in [0.717, 1.165) is 34.1 Å². The van der Waals surface area contributed by atoms with Crippen molar-refractivity contribution in [1.29, 1.82) is 0 Å². The third-order valence-corrected chi connectivity index (χ3v) is 9.84. The van der Waals surface area contributed by atoms with Crippen LogP contribution >= 0.6 is 0 Å². The number of hydrogen-bond donors (Lipinski definition) is 1. The van der Waals surface area contributed by atoms with Gasteiger partial charge in [0.15, 0.2) is 0 Å². The first-order chi connectivity index (χ1) is 19.1. The molecule has 13 heteroatoms. The van der Waals surface area contributed by atoms with E-state index in [1.54, 1.807) is 24.3 Å². The molecule has 3 aromatic carbocycles. The van der Waals surface area contributed by atoms with E-state index in [4.69, 9.17) is 9.47 Å². The maximum atomic E-state index is 13.4. The SMILES string of the molecule is Cc1ccc(N(CC(=O)NCCOc2ccc(S(=O)(=O)N3CCOCC3)cc2)S(=O)(=O)c2ccc(F)cc2)cc1. The van der Waals surface area contributed by atoms with E-state index in [0.29, 0.717) is 32.1 Å². The summed E-state index contributed by atoms with van der Waals surface area (Å²) < 4.78 is 78.7. The molecule has 1 amide bonds. The van der Waals surface area contributed by atoms with Gasteiger partial charge in [-0.1, -0.05) is 17.7 Å². The van der Waals surface area contributed by atoms with Crippen LogP contribution in [0.5, 0.6) is 5.75 Å². The first kappa shape index (κ1) is 29.5. The molecule has 214 valence electrons. The van der Waals surface area contributed by atoms with E-state index in [1.165, 1.54) is 28.6 Å². The second-order valence-corrected chi connectivity index (χ2v) is 12.8. The Bertz CT molecular complexity index is 1510. The minimum atomic E-state index is -4.16. The smallest absolute Gasteiger partial charge is 0.264 e. The van der Waals surface area contributed by atoms with Crippen molar-refractivity contribution in [3.8, 4) is 5.75 Å². The molecule has 0 spiro atoms. The second-order valence-electron chi connectivity index (χ2n) is 8.99. The molecule has 3 aromatic rings. The minimum absolute atomic E-state index is 0.0660. The number of carbonyl (C=O) groups is 1. The highest BCUT2D eigenvalue weighted by atomic mass is 32.2. The van der Waals surface area contributed by atoms with Gasteiger partial charge < -0.3 is 14.8 Å². The lowest BCUT2D eigenvalue weighted by atomic mass is 10.2. The summed E-state index contributed by atoms with van der Waals surface area (Å²) in [5.41, 5.74) is 1.20. The van der Waals surface area contributed by atoms with Gasteiger partial charge in [0.1, 0.15) is 24.7 Å². The first-order valence-corrected chi connectivity index (χ1v) is 15.4. The van der Waals surface area contributed by atoms with E-state index in [2.05, 4.69) is 5.32 Å². The molecule has 0 bridgehead atoms. The van der Waals surface area contributed by atoms with Gasteiger partial charge in [-0.3, -0.25) is 9.10 Å². The zero-order chi connectivity index (χ0) is 28.8. The number of ether oxygens (including phenoxy) is 2. The lowest BCUT2D eigenvalue weighted by Gasteiger charge is -2.26. The summed E-state index contributed by atoms with van der Waals surface area (Å²) in [6.45, 7) is 2.80. The summed E-state index contributed by atoms with van der Waals surface area (Å²) in [7, 11) is -7.78. The fraction of sp³-hybridized carbons (Fsp3) is 0.296. The molecule has 0 radical (unpaired) electrons. The van der Waals surface area contributed by atoms with E-state index >= 15 is 0 Å². The number of aryl methyl sites for hydroxylation is 1. The van der Waals surface area contributed by atoms with Crippen LogP contribution in [0.3, 0.4) is 0 Å². The van der Waals surface area contributed by atoms with Gasteiger partial charge in [-0.2, -0.15) is 4.31 Å². The van der Waals surface area contributed by atoms with E-state index < -0.39 is 38.3 Å². The Morgan fingerprint density at radius 1 is 0.925 bits per heavy atom. The number of rotatable bonds is 11. The molecule has 0 atom stereocenters. The van der Waals surface area contributed by atoms with Gasteiger partial charge >= 0.3 is 0 Å². The van der Waals surface area contributed by atoms with Crippen LogP contribution in [-0.4, -0.2) is 73.0 Å². The largest absolute Gasteiger partial charge is 0.492 e. The van der Waals surface area contributed by atoms with Crippen molar-refractivity contribution in [2.45, 2.75) is 16.7 Å². The summed E-state index contributed by atoms with van der Waals surface area (Å²) in [5, 5.41) is 2.63. The number of benzene rings is 3. The Morgan fingerprint density at radius 3 is 2.15 bits per heavy atom.